The highest BCUT2D eigenvalue weighted by atomic mass is 16.6. The van der Waals surface area contributed by atoms with Crippen LogP contribution in [0.2, 0.25) is 0 Å². The molecule has 0 aromatic heterocycles. The van der Waals surface area contributed by atoms with Gasteiger partial charge in [0.2, 0.25) is 0 Å². The van der Waals surface area contributed by atoms with E-state index in [1.165, 1.54) is 103 Å². The Labute approximate surface area is 431 Å². The molecular formula is C64H106O6. The Balaban J connectivity index is 4.43. The maximum absolute atomic E-state index is 12.8. The Kier molecular flexibility index (Phi) is 54.4. The van der Waals surface area contributed by atoms with Crippen LogP contribution in [0.3, 0.4) is 0 Å². The number of carbonyl (C=O) groups is 3. The third-order valence-electron chi connectivity index (χ3n) is 12.0. The van der Waals surface area contributed by atoms with E-state index in [2.05, 4.69) is 130 Å². The van der Waals surface area contributed by atoms with E-state index in [1.54, 1.807) is 0 Å². The van der Waals surface area contributed by atoms with E-state index in [4.69, 9.17) is 14.2 Å². The third kappa shape index (κ3) is 55.0. The summed E-state index contributed by atoms with van der Waals surface area (Å²) in [5.41, 5.74) is 0. The first-order valence-electron chi connectivity index (χ1n) is 28.9. The number of hydrogen-bond donors (Lipinski definition) is 0. The minimum Gasteiger partial charge on any atom is -0.462 e. The zero-order chi connectivity index (χ0) is 50.7. The fourth-order valence-electron chi connectivity index (χ4n) is 7.66. The molecule has 6 heteroatoms. The first-order valence-corrected chi connectivity index (χ1v) is 28.9. The van der Waals surface area contributed by atoms with Crippen molar-refractivity contribution >= 4 is 17.9 Å². The molecule has 1 unspecified atom stereocenters. The summed E-state index contributed by atoms with van der Waals surface area (Å²) in [5.74, 6) is -0.984. The summed E-state index contributed by atoms with van der Waals surface area (Å²) in [7, 11) is 0. The van der Waals surface area contributed by atoms with Crippen molar-refractivity contribution in [3.8, 4) is 0 Å². The lowest BCUT2D eigenvalue weighted by Crippen LogP contribution is -2.30. The normalized spacial score (nSPS) is 12.9. The highest BCUT2D eigenvalue weighted by molar-refractivity contribution is 5.71. The van der Waals surface area contributed by atoms with E-state index < -0.39 is 6.10 Å². The molecule has 0 saturated carbocycles. The van der Waals surface area contributed by atoms with Gasteiger partial charge in [0.25, 0.3) is 0 Å². The molecule has 70 heavy (non-hydrogen) atoms. The van der Waals surface area contributed by atoms with Crippen molar-refractivity contribution in [3.05, 3.63) is 109 Å². The summed E-state index contributed by atoms with van der Waals surface area (Å²) < 4.78 is 16.8. The standard InChI is InChI=1S/C64H106O6/c1-4-7-10-13-16-19-22-25-27-29-30-31-32-33-34-36-37-39-42-45-48-51-54-57-63(66)69-60-61(59-68-62(65)56-53-50-47-44-41-24-21-18-15-12-9-6-3)70-64(67)58-55-52-49-46-43-40-38-35-28-26-23-20-17-14-11-8-5-2/h8,11,17-18,20-22,25-26,28-30,32-33,38,40,46,49,61H,4-7,9-10,12-16,19,23-24,27,31,34-37,39,41-45,47-48,50-60H2,1-3H3/b11-8-,20-17-,21-18-,25-22-,28-26-,30-29-,33-32-,40-38-,49-46-. The van der Waals surface area contributed by atoms with Crippen LogP contribution in [0.25, 0.3) is 0 Å². The number of carbonyl (C=O) groups excluding carboxylic acids is 3. The fraction of sp³-hybridized carbons (Fsp3) is 0.672. The largest absolute Gasteiger partial charge is 0.462 e. The van der Waals surface area contributed by atoms with Crippen molar-refractivity contribution in [2.45, 2.75) is 264 Å². The molecule has 0 amide bonds. The van der Waals surface area contributed by atoms with Gasteiger partial charge in [0.15, 0.2) is 6.10 Å². The van der Waals surface area contributed by atoms with Crippen LogP contribution in [0.4, 0.5) is 0 Å². The van der Waals surface area contributed by atoms with Crippen molar-refractivity contribution in [1.82, 2.24) is 0 Å². The monoisotopic (exact) mass is 971 g/mol. The zero-order valence-electron chi connectivity index (χ0n) is 45.5. The van der Waals surface area contributed by atoms with E-state index >= 15 is 0 Å². The summed E-state index contributed by atoms with van der Waals surface area (Å²) in [5, 5.41) is 0. The summed E-state index contributed by atoms with van der Waals surface area (Å²) >= 11 is 0. The van der Waals surface area contributed by atoms with Gasteiger partial charge in [-0.1, -0.05) is 226 Å². The summed E-state index contributed by atoms with van der Waals surface area (Å²) in [6, 6.07) is 0. The van der Waals surface area contributed by atoms with E-state index in [1.807, 2.05) is 0 Å². The Morgan fingerprint density at radius 1 is 0.300 bits per heavy atom. The predicted octanol–water partition coefficient (Wildman–Crippen LogP) is 19.5. The van der Waals surface area contributed by atoms with Crippen LogP contribution >= 0.6 is 0 Å². The molecule has 0 aromatic carbocycles. The van der Waals surface area contributed by atoms with Gasteiger partial charge in [0, 0.05) is 19.3 Å². The second-order valence-electron chi connectivity index (χ2n) is 18.8. The molecule has 0 aliphatic heterocycles. The van der Waals surface area contributed by atoms with Crippen LogP contribution in [-0.4, -0.2) is 37.2 Å². The SMILES string of the molecule is CC/C=C\C/C=C\C/C=C\C/C=C\C/C=C\CCCC(=O)OC(COC(=O)CCCCCCC/C=C\CCCCC)COC(=O)CCCCCCCCCC/C=C\C/C=C\C/C=C\CCCCCCC. The first kappa shape index (κ1) is 66.1. The lowest BCUT2D eigenvalue weighted by molar-refractivity contribution is -0.167. The summed E-state index contributed by atoms with van der Waals surface area (Å²) in [6.07, 6.45) is 78.0. The lowest BCUT2D eigenvalue weighted by Gasteiger charge is -2.18. The molecule has 0 radical (unpaired) electrons. The number of unbranched alkanes of at least 4 members (excludes halogenated alkanes) is 22. The maximum atomic E-state index is 12.8. The molecule has 1 atom stereocenters. The topological polar surface area (TPSA) is 78.9 Å². The van der Waals surface area contributed by atoms with Gasteiger partial charge >= 0.3 is 17.9 Å². The minimum atomic E-state index is -0.816. The van der Waals surface area contributed by atoms with Crippen molar-refractivity contribution < 1.29 is 28.6 Å². The molecule has 0 saturated heterocycles. The van der Waals surface area contributed by atoms with E-state index in [-0.39, 0.29) is 37.5 Å². The highest BCUT2D eigenvalue weighted by Gasteiger charge is 2.19. The van der Waals surface area contributed by atoms with Crippen molar-refractivity contribution in [2.75, 3.05) is 13.2 Å². The molecule has 0 aromatic rings. The Hall–Kier alpha value is -3.93. The van der Waals surface area contributed by atoms with Gasteiger partial charge in [-0.3, -0.25) is 14.4 Å². The smallest absolute Gasteiger partial charge is 0.306 e. The van der Waals surface area contributed by atoms with E-state index in [0.717, 1.165) is 109 Å². The van der Waals surface area contributed by atoms with Crippen LogP contribution in [0.5, 0.6) is 0 Å². The van der Waals surface area contributed by atoms with Crippen LogP contribution in [0.1, 0.15) is 258 Å². The van der Waals surface area contributed by atoms with Crippen molar-refractivity contribution in [2.24, 2.45) is 0 Å². The van der Waals surface area contributed by atoms with Crippen LogP contribution < -0.4 is 0 Å². The van der Waals surface area contributed by atoms with Gasteiger partial charge in [-0.15, -0.1) is 0 Å². The van der Waals surface area contributed by atoms with Gasteiger partial charge in [0.1, 0.15) is 13.2 Å². The minimum absolute atomic E-state index is 0.109. The third-order valence-corrected chi connectivity index (χ3v) is 12.0. The fourth-order valence-corrected chi connectivity index (χ4v) is 7.66. The summed E-state index contributed by atoms with van der Waals surface area (Å²) in [4.78, 5) is 38.1. The number of rotatable bonds is 51. The maximum Gasteiger partial charge on any atom is 0.306 e. The molecule has 0 heterocycles. The van der Waals surface area contributed by atoms with Crippen LogP contribution in [-0.2, 0) is 28.6 Å². The molecule has 0 fully saturated rings. The average Bonchev–Trinajstić information content (AvgIpc) is 3.36. The quantitative estimate of drug-likeness (QED) is 0.0262. The molecule has 0 N–H and O–H groups in total. The highest BCUT2D eigenvalue weighted by Crippen LogP contribution is 2.14. The van der Waals surface area contributed by atoms with Crippen molar-refractivity contribution in [3.63, 3.8) is 0 Å². The zero-order valence-corrected chi connectivity index (χ0v) is 45.5. The number of hydrogen-bond acceptors (Lipinski definition) is 6. The van der Waals surface area contributed by atoms with Gasteiger partial charge in [-0.05, 0) is 122 Å². The van der Waals surface area contributed by atoms with Crippen LogP contribution in [0.15, 0.2) is 109 Å². The number of allylic oxidation sites excluding steroid dienone is 18. The Morgan fingerprint density at radius 3 is 0.957 bits per heavy atom. The number of esters is 3. The Morgan fingerprint density at radius 2 is 0.571 bits per heavy atom. The molecule has 0 spiro atoms. The van der Waals surface area contributed by atoms with E-state index in [9.17, 15) is 14.4 Å². The average molecular weight is 972 g/mol. The Bertz CT molecular complexity index is 1440. The first-order chi connectivity index (χ1) is 34.5. The molecule has 0 aliphatic carbocycles. The molecule has 398 valence electrons. The van der Waals surface area contributed by atoms with E-state index in [0.29, 0.717) is 19.3 Å². The van der Waals surface area contributed by atoms with Gasteiger partial charge in [-0.2, -0.15) is 0 Å². The molecule has 6 nitrogen and oxygen atoms in total. The second kappa shape index (κ2) is 57.6. The summed E-state index contributed by atoms with van der Waals surface area (Å²) in [6.45, 7) is 6.43. The second-order valence-corrected chi connectivity index (χ2v) is 18.8. The molecular weight excluding hydrogens is 865 g/mol. The van der Waals surface area contributed by atoms with Gasteiger partial charge in [-0.25, -0.2) is 0 Å². The molecule has 0 rings (SSSR count). The van der Waals surface area contributed by atoms with Crippen molar-refractivity contribution in [1.29, 1.82) is 0 Å². The molecule has 0 aliphatic rings. The van der Waals surface area contributed by atoms with Gasteiger partial charge < -0.3 is 14.2 Å². The number of ether oxygens (including phenoxy) is 3. The molecule has 0 bridgehead atoms. The van der Waals surface area contributed by atoms with Gasteiger partial charge in [0.05, 0.1) is 0 Å². The predicted molar refractivity (Wildman–Crippen MR) is 302 cm³/mol. The lowest BCUT2D eigenvalue weighted by atomic mass is 10.1. The van der Waals surface area contributed by atoms with Crippen LogP contribution in [0, 0.1) is 0 Å².